The molecule has 3 heterocycles. The summed E-state index contributed by atoms with van der Waals surface area (Å²) in [5.74, 6) is 0.515. The Balaban J connectivity index is 1.74. The van der Waals surface area contributed by atoms with Gasteiger partial charge in [0.25, 0.3) is 5.88 Å². The summed E-state index contributed by atoms with van der Waals surface area (Å²) < 4.78 is 8.72. The molecule has 0 aliphatic carbocycles. The van der Waals surface area contributed by atoms with Gasteiger partial charge in [-0.1, -0.05) is 30.3 Å². The van der Waals surface area contributed by atoms with E-state index in [4.69, 9.17) is 10.5 Å². The second-order valence-corrected chi connectivity index (χ2v) is 6.89. The normalized spacial score (nSPS) is 11.0. The molecule has 6 nitrogen and oxygen atoms in total. The summed E-state index contributed by atoms with van der Waals surface area (Å²) >= 11 is 4.87. The molecule has 0 spiro atoms. The molecule has 120 valence electrons. The molecule has 4 aromatic rings. The molecular weight excluding hydrogens is 390 g/mol. The minimum atomic E-state index is 0.155. The van der Waals surface area contributed by atoms with Gasteiger partial charge in [0.2, 0.25) is 5.95 Å². The first-order valence-electron chi connectivity index (χ1n) is 7.13. The van der Waals surface area contributed by atoms with Crippen LogP contribution in [0.3, 0.4) is 0 Å². The second kappa shape index (κ2) is 6.21. The van der Waals surface area contributed by atoms with E-state index >= 15 is 0 Å². The molecule has 2 N–H and O–H groups in total. The van der Waals surface area contributed by atoms with E-state index in [1.54, 1.807) is 6.33 Å². The Morgan fingerprint density at radius 3 is 2.79 bits per heavy atom. The van der Waals surface area contributed by atoms with Crippen molar-refractivity contribution in [2.24, 2.45) is 0 Å². The van der Waals surface area contributed by atoms with Crippen LogP contribution in [0.2, 0.25) is 0 Å². The fraction of sp³-hybridized carbons (Fsp3) is 0.0625. The zero-order valence-corrected chi connectivity index (χ0v) is 14.8. The molecular formula is C16H12BrN5OS. The standard InChI is InChI=1S/C16H12BrN5OS/c17-11-6-12(24-8-11)23-15-13-14(20-16(18)21-15)22(9-19-13)7-10-4-2-1-3-5-10/h1-6,8-9H,7H2,(H2,18,20,21). The molecule has 0 unspecified atom stereocenters. The van der Waals surface area contributed by atoms with E-state index in [0.29, 0.717) is 28.7 Å². The van der Waals surface area contributed by atoms with E-state index in [9.17, 15) is 0 Å². The van der Waals surface area contributed by atoms with E-state index in [-0.39, 0.29) is 5.95 Å². The van der Waals surface area contributed by atoms with Crippen LogP contribution in [0.25, 0.3) is 11.2 Å². The highest BCUT2D eigenvalue weighted by Crippen LogP contribution is 2.33. The number of imidazole rings is 1. The number of fused-ring (bicyclic) bond motifs is 1. The molecule has 0 aliphatic rings. The highest BCUT2D eigenvalue weighted by Gasteiger charge is 2.15. The Morgan fingerprint density at radius 1 is 1.21 bits per heavy atom. The van der Waals surface area contributed by atoms with E-state index in [1.165, 1.54) is 11.3 Å². The van der Waals surface area contributed by atoms with Gasteiger partial charge in [-0.25, -0.2) is 4.98 Å². The molecule has 0 amide bonds. The summed E-state index contributed by atoms with van der Waals surface area (Å²) in [7, 11) is 0. The number of nitrogens with zero attached hydrogens (tertiary/aromatic N) is 4. The van der Waals surface area contributed by atoms with E-state index in [2.05, 4.69) is 43.0 Å². The van der Waals surface area contributed by atoms with Crippen LogP contribution in [0.5, 0.6) is 10.9 Å². The lowest BCUT2D eigenvalue weighted by Crippen LogP contribution is -2.03. The van der Waals surface area contributed by atoms with Gasteiger partial charge in [0.1, 0.15) is 0 Å². The average Bonchev–Trinajstić information content (AvgIpc) is 3.15. The van der Waals surface area contributed by atoms with Crippen molar-refractivity contribution in [2.45, 2.75) is 6.54 Å². The lowest BCUT2D eigenvalue weighted by molar-refractivity contribution is 0.481. The van der Waals surface area contributed by atoms with Crippen molar-refractivity contribution >= 4 is 44.4 Å². The summed E-state index contributed by atoms with van der Waals surface area (Å²) in [5, 5.41) is 2.64. The summed E-state index contributed by atoms with van der Waals surface area (Å²) in [6.45, 7) is 0.651. The predicted molar refractivity (Wildman–Crippen MR) is 97.4 cm³/mol. The molecule has 0 radical (unpaired) electrons. The quantitative estimate of drug-likeness (QED) is 0.557. The third-order valence-electron chi connectivity index (χ3n) is 3.39. The number of anilines is 1. The molecule has 0 aliphatic heterocycles. The van der Waals surface area contributed by atoms with Crippen LogP contribution in [-0.4, -0.2) is 19.5 Å². The number of hydrogen-bond donors (Lipinski definition) is 1. The minimum absolute atomic E-state index is 0.155. The maximum absolute atomic E-state index is 5.86. The van der Waals surface area contributed by atoms with Crippen LogP contribution >= 0.6 is 27.3 Å². The van der Waals surface area contributed by atoms with Crippen LogP contribution in [0.4, 0.5) is 5.95 Å². The Kier molecular flexibility index (Phi) is 3.91. The number of halogens is 1. The fourth-order valence-corrected chi connectivity index (χ4v) is 3.60. The zero-order chi connectivity index (χ0) is 16.5. The second-order valence-electron chi connectivity index (χ2n) is 5.10. The van der Waals surface area contributed by atoms with Crippen molar-refractivity contribution in [3.8, 4) is 10.9 Å². The van der Waals surface area contributed by atoms with Crippen molar-refractivity contribution in [3.05, 3.63) is 58.1 Å². The number of ether oxygens (including phenoxy) is 1. The predicted octanol–water partition coefficient (Wildman–Crippen LogP) is 4.07. The van der Waals surface area contributed by atoms with Gasteiger partial charge in [0, 0.05) is 15.9 Å². The third kappa shape index (κ3) is 2.98. The monoisotopic (exact) mass is 401 g/mol. The lowest BCUT2D eigenvalue weighted by Gasteiger charge is -2.06. The maximum atomic E-state index is 5.86. The third-order valence-corrected chi connectivity index (χ3v) is 4.95. The molecule has 0 atom stereocenters. The van der Waals surface area contributed by atoms with Crippen molar-refractivity contribution in [2.75, 3.05) is 5.73 Å². The molecule has 0 fully saturated rings. The molecule has 0 saturated carbocycles. The Hall–Kier alpha value is -2.45. The van der Waals surface area contributed by atoms with E-state index < -0.39 is 0 Å². The van der Waals surface area contributed by atoms with Gasteiger partial charge >= 0.3 is 0 Å². The Labute approximate surface area is 150 Å². The van der Waals surface area contributed by atoms with Crippen molar-refractivity contribution < 1.29 is 4.74 Å². The Bertz CT molecular complexity index is 998. The average molecular weight is 402 g/mol. The molecule has 3 aromatic heterocycles. The zero-order valence-electron chi connectivity index (χ0n) is 12.4. The Morgan fingerprint density at radius 2 is 2.04 bits per heavy atom. The lowest BCUT2D eigenvalue weighted by atomic mass is 10.2. The molecule has 1 aromatic carbocycles. The number of aromatic nitrogens is 4. The molecule has 0 bridgehead atoms. The SMILES string of the molecule is Nc1nc(Oc2cc(Br)cs2)c2ncn(Cc3ccccc3)c2n1. The maximum Gasteiger partial charge on any atom is 0.253 e. The van der Waals surface area contributed by atoms with E-state index in [0.717, 1.165) is 10.0 Å². The van der Waals surface area contributed by atoms with Crippen LogP contribution in [-0.2, 0) is 6.54 Å². The number of nitrogen functional groups attached to an aromatic ring is 1. The van der Waals surface area contributed by atoms with Crippen molar-refractivity contribution in [1.29, 1.82) is 0 Å². The summed E-state index contributed by atoms with van der Waals surface area (Å²) in [6.07, 6.45) is 1.73. The molecule has 4 rings (SSSR count). The number of benzene rings is 1. The van der Waals surface area contributed by atoms with Crippen molar-refractivity contribution in [3.63, 3.8) is 0 Å². The summed E-state index contributed by atoms with van der Waals surface area (Å²) in [6, 6.07) is 12.0. The first-order chi connectivity index (χ1) is 11.7. The van der Waals surface area contributed by atoms with Gasteiger partial charge in [-0.15, -0.1) is 11.3 Å². The van der Waals surface area contributed by atoms with Crippen LogP contribution < -0.4 is 10.5 Å². The topological polar surface area (TPSA) is 78.9 Å². The highest BCUT2D eigenvalue weighted by molar-refractivity contribution is 9.10. The first kappa shape index (κ1) is 15.1. The highest BCUT2D eigenvalue weighted by atomic mass is 79.9. The minimum Gasteiger partial charge on any atom is -0.426 e. The molecule has 24 heavy (non-hydrogen) atoms. The van der Waals surface area contributed by atoms with Gasteiger partial charge in [-0.2, -0.15) is 9.97 Å². The van der Waals surface area contributed by atoms with Crippen LogP contribution in [0, 0.1) is 0 Å². The number of nitrogens with two attached hydrogens (primary N) is 1. The van der Waals surface area contributed by atoms with Crippen molar-refractivity contribution in [1.82, 2.24) is 19.5 Å². The molecule has 0 saturated heterocycles. The summed E-state index contributed by atoms with van der Waals surface area (Å²) in [5.41, 5.74) is 8.24. The number of hydrogen-bond acceptors (Lipinski definition) is 6. The first-order valence-corrected chi connectivity index (χ1v) is 8.80. The molecule has 8 heteroatoms. The van der Waals surface area contributed by atoms with Gasteiger partial charge in [-0.3, -0.25) is 0 Å². The van der Waals surface area contributed by atoms with Gasteiger partial charge in [0.15, 0.2) is 16.2 Å². The number of thiophene rings is 1. The van der Waals surface area contributed by atoms with Crippen LogP contribution in [0.1, 0.15) is 5.56 Å². The summed E-state index contributed by atoms with van der Waals surface area (Å²) in [4.78, 5) is 12.9. The van der Waals surface area contributed by atoms with Gasteiger partial charge in [-0.05, 0) is 21.5 Å². The largest absolute Gasteiger partial charge is 0.426 e. The fourth-order valence-electron chi connectivity index (χ4n) is 2.35. The van der Waals surface area contributed by atoms with Gasteiger partial charge < -0.3 is 15.0 Å². The van der Waals surface area contributed by atoms with E-state index in [1.807, 2.05) is 34.2 Å². The smallest absolute Gasteiger partial charge is 0.253 e. The number of rotatable bonds is 4. The van der Waals surface area contributed by atoms with Crippen LogP contribution in [0.15, 0.2) is 52.6 Å². The van der Waals surface area contributed by atoms with Gasteiger partial charge in [0.05, 0.1) is 12.9 Å².